The minimum absolute atomic E-state index is 0.0138. The largest absolute Gasteiger partial charge is 0.481 e. The fraction of sp³-hybridized carbons (Fsp3) is 0.464. The highest BCUT2D eigenvalue weighted by atomic mass is 16.5. The van der Waals surface area contributed by atoms with Crippen LogP contribution in [0.3, 0.4) is 0 Å². The maximum atomic E-state index is 12.5. The molecule has 1 fully saturated rings. The Bertz CT molecular complexity index is 1020. The summed E-state index contributed by atoms with van der Waals surface area (Å²) in [5.41, 5.74) is 4.77. The van der Waals surface area contributed by atoms with Crippen molar-refractivity contribution in [2.24, 2.45) is 11.8 Å². The average molecular weight is 479 g/mol. The molecule has 0 bridgehead atoms. The van der Waals surface area contributed by atoms with Gasteiger partial charge >= 0.3 is 12.1 Å². The van der Waals surface area contributed by atoms with E-state index < -0.39 is 18.0 Å². The molecule has 0 radical (unpaired) electrons. The highest BCUT2D eigenvalue weighted by Gasteiger charge is 2.31. The SMILES string of the molecule is CC(CCCNC(=O)CC1CCC(NC(=O)OCC2c3ccccc3-c3ccccc32)C1)C(=O)O. The molecule has 0 spiro atoms. The van der Waals surface area contributed by atoms with E-state index in [2.05, 4.69) is 34.9 Å². The number of carbonyl (C=O) groups is 3. The van der Waals surface area contributed by atoms with Crippen molar-refractivity contribution in [3.05, 3.63) is 59.7 Å². The molecule has 3 unspecified atom stereocenters. The van der Waals surface area contributed by atoms with Crippen molar-refractivity contribution in [1.29, 1.82) is 0 Å². The fourth-order valence-corrected chi connectivity index (χ4v) is 5.29. The molecule has 2 aromatic carbocycles. The van der Waals surface area contributed by atoms with Gasteiger partial charge in [-0.05, 0) is 60.3 Å². The topological polar surface area (TPSA) is 105 Å². The molecule has 2 aliphatic carbocycles. The van der Waals surface area contributed by atoms with E-state index in [9.17, 15) is 14.4 Å². The number of aliphatic carboxylic acids is 1. The zero-order valence-electron chi connectivity index (χ0n) is 20.2. The lowest BCUT2D eigenvalue weighted by atomic mass is 9.98. The highest BCUT2D eigenvalue weighted by molar-refractivity contribution is 5.79. The van der Waals surface area contributed by atoms with Crippen LogP contribution < -0.4 is 10.6 Å². The molecule has 3 atom stereocenters. The molecule has 0 heterocycles. The molecule has 2 aromatic rings. The van der Waals surface area contributed by atoms with Crippen LogP contribution in [0.15, 0.2) is 48.5 Å². The molecule has 3 N–H and O–H groups in total. The maximum Gasteiger partial charge on any atom is 0.407 e. The molecule has 0 aromatic heterocycles. The summed E-state index contributed by atoms with van der Waals surface area (Å²) < 4.78 is 5.65. The van der Waals surface area contributed by atoms with E-state index >= 15 is 0 Å². The number of amides is 2. The quantitative estimate of drug-likeness (QED) is 0.429. The molecule has 7 heteroatoms. The van der Waals surface area contributed by atoms with Gasteiger partial charge in [-0.1, -0.05) is 55.5 Å². The Kier molecular flexibility index (Phi) is 8.06. The molecule has 1 saturated carbocycles. The van der Waals surface area contributed by atoms with Gasteiger partial charge in [-0.2, -0.15) is 0 Å². The van der Waals surface area contributed by atoms with Crippen molar-refractivity contribution in [2.45, 2.75) is 57.4 Å². The fourth-order valence-electron chi connectivity index (χ4n) is 5.29. The maximum absolute atomic E-state index is 12.5. The second-order valence-corrected chi connectivity index (χ2v) is 9.78. The van der Waals surface area contributed by atoms with Gasteiger partial charge in [0.1, 0.15) is 6.61 Å². The minimum atomic E-state index is -0.808. The Balaban J connectivity index is 1.18. The smallest absolute Gasteiger partial charge is 0.407 e. The molecule has 2 aliphatic rings. The van der Waals surface area contributed by atoms with Gasteiger partial charge in [-0.15, -0.1) is 0 Å². The molecule has 0 saturated heterocycles. The summed E-state index contributed by atoms with van der Waals surface area (Å²) in [6.07, 6.45) is 3.69. The van der Waals surface area contributed by atoms with Crippen molar-refractivity contribution in [3.63, 3.8) is 0 Å². The van der Waals surface area contributed by atoms with E-state index in [4.69, 9.17) is 9.84 Å². The van der Waals surface area contributed by atoms with Crippen LogP contribution in [0.2, 0.25) is 0 Å². The lowest BCUT2D eigenvalue weighted by molar-refractivity contribution is -0.141. The standard InChI is InChI=1S/C28H34N2O5/c1-18(27(32)33)7-6-14-29-26(31)16-19-12-13-20(15-19)30-28(34)35-17-25-23-10-4-2-8-21(23)22-9-3-5-11-24(22)25/h2-5,8-11,18-20,25H,6-7,12-17H2,1H3,(H,29,31)(H,30,34)(H,32,33). The van der Waals surface area contributed by atoms with Crippen LogP contribution in [0.5, 0.6) is 0 Å². The summed E-state index contributed by atoms with van der Waals surface area (Å²) in [4.78, 5) is 35.6. The Hall–Kier alpha value is -3.35. The van der Waals surface area contributed by atoms with Gasteiger partial charge in [-0.25, -0.2) is 4.79 Å². The Morgan fingerprint density at radius 3 is 2.34 bits per heavy atom. The van der Waals surface area contributed by atoms with Gasteiger partial charge in [0.15, 0.2) is 0 Å². The predicted octanol–water partition coefficient (Wildman–Crippen LogP) is 4.70. The molecule has 7 nitrogen and oxygen atoms in total. The lowest BCUT2D eigenvalue weighted by Crippen LogP contribution is -2.34. The molecule has 186 valence electrons. The Morgan fingerprint density at radius 2 is 1.69 bits per heavy atom. The van der Waals surface area contributed by atoms with Gasteiger partial charge in [0.2, 0.25) is 5.91 Å². The summed E-state index contributed by atoms with van der Waals surface area (Å²) in [6, 6.07) is 16.5. The molecule has 0 aliphatic heterocycles. The zero-order valence-corrected chi connectivity index (χ0v) is 20.2. The summed E-state index contributed by atoms with van der Waals surface area (Å²) >= 11 is 0. The number of nitrogens with one attached hydrogen (secondary N) is 2. The van der Waals surface area contributed by atoms with Crippen LogP contribution in [-0.4, -0.2) is 42.3 Å². The van der Waals surface area contributed by atoms with Crippen LogP contribution in [0, 0.1) is 11.8 Å². The van der Waals surface area contributed by atoms with Gasteiger partial charge in [0.05, 0.1) is 5.92 Å². The first-order valence-electron chi connectivity index (χ1n) is 12.5. The van der Waals surface area contributed by atoms with Crippen molar-refractivity contribution in [3.8, 4) is 11.1 Å². The monoisotopic (exact) mass is 478 g/mol. The van der Waals surface area contributed by atoms with Crippen molar-refractivity contribution in [1.82, 2.24) is 10.6 Å². The van der Waals surface area contributed by atoms with Crippen molar-refractivity contribution >= 4 is 18.0 Å². The zero-order chi connectivity index (χ0) is 24.8. The second-order valence-electron chi connectivity index (χ2n) is 9.78. The summed E-state index contributed by atoms with van der Waals surface area (Å²) in [5.74, 6) is -0.957. The normalized spacial score (nSPS) is 19.5. The predicted molar refractivity (Wildman–Crippen MR) is 133 cm³/mol. The number of hydrogen-bond acceptors (Lipinski definition) is 4. The van der Waals surface area contributed by atoms with Crippen molar-refractivity contribution in [2.75, 3.05) is 13.2 Å². The van der Waals surface area contributed by atoms with E-state index in [0.29, 0.717) is 32.4 Å². The van der Waals surface area contributed by atoms with E-state index in [-0.39, 0.29) is 23.8 Å². The first kappa shape index (κ1) is 24.8. The van der Waals surface area contributed by atoms with Gasteiger partial charge in [0.25, 0.3) is 0 Å². The van der Waals surface area contributed by atoms with E-state index in [1.165, 1.54) is 22.3 Å². The van der Waals surface area contributed by atoms with Crippen LogP contribution in [0.25, 0.3) is 11.1 Å². The van der Waals surface area contributed by atoms with Crippen LogP contribution in [-0.2, 0) is 14.3 Å². The number of fused-ring (bicyclic) bond motifs is 3. The number of ether oxygens (including phenoxy) is 1. The number of carboxylic acid groups (broad SMARTS) is 1. The number of hydrogen-bond donors (Lipinski definition) is 3. The first-order chi connectivity index (χ1) is 16.9. The number of rotatable bonds is 10. The third-order valence-electron chi connectivity index (χ3n) is 7.24. The summed E-state index contributed by atoms with van der Waals surface area (Å²) in [6.45, 7) is 2.45. The minimum Gasteiger partial charge on any atom is -0.481 e. The van der Waals surface area contributed by atoms with Crippen LogP contribution >= 0.6 is 0 Å². The van der Waals surface area contributed by atoms with Crippen molar-refractivity contribution < 1.29 is 24.2 Å². The van der Waals surface area contributed by atoms with E-state index in [1.807, 2.05) is 24.3 Å². The summed E-state index contributed by atoms with van der Waals surface area (Å²) in [5, 5.41) is 14.8. The van der Waals surface area contributed by atoms with Crippen LogP contribution in [0.1, 0.15) is 62.5 Å². The first-order valence-corrected chi connectivity index (χ1v) is 12.5. The molecular weight excluding hydrogens is 444 g/mol. The third kappa shape index (κ3) is 6.21. The molecule has 2 amide bonds. The van der Waals surface area contributed by atoms with Gasteiger partial charge in [-0.3, -0.25) is 9.59 Å². The molecule has 35 heavy (non-hydrogen) atoms. The number of carbonyl (C=O) groups excluding carboxylic acids is 2. The highest BCUT2D eigenvalue weighted by Crippen LogP contribution is 2.44. The van der Waals surface area contributed by atoms with E-state index in [0.717, 1.165) is 19.3 Å². The number of alkyl carbamates (subject to hydrolysis) is 1. The second kappa shape index (κ2) is 11.4. The average Bonchev–Trinajstić information content (AvgIpc) is 3.42. The lowest BCUT2D eigenvalue weighted by Gasteiger charge is -2.17. The third-order valence-corrected chi connectivity index (χ3v) is 7.24. The summed E-state index contributed by atoms with van der Waals surface area (Å²) in [7, 11) is 0. The van der Waals surface area contributed by atoms with Gasteiger partial charge < -0.3 is 20.5 Å². The number of carboxylic acids is 1. The van der Waals surface area contributed by atoms with Crippen LogP contribution in [0.4, 0.5) is 4.79 Å². The Labute approximate surface area is 206 Å². The van der Waals surface area contributed by atoms with Gasteiger partial charge in [0, 0.05) is 24.9 Å². The number of benzene rings is 2. The molecule has 4 rings (SSSR count). The molecular formula is C28H34N2O5. The Morgan fingerprint density at radius 1 is 1.03 bits per heavy atom. The van der Waals surface area contributed by atoms with E-state index in [1.54, 1.807) is 6.92 Å².